The van der Waals surface area contributed by atoms with Crippen molar-refractivity contribution in [2.75, 3.05) is 18.1 Å². The summed E-state index contributed by atoms with van der Waals surface area (Å²) in [4.78, 5) is 55.8. The Kier molecular flexibility index (Phi) is 12.8. The van der Waals surface area contributed by atoms with E-state index in [4.69, 9.17) is 11.5 Å². The van der Waals surface area contributed by atoms with Crippen molar-refractivity contribution in [2.24, 2.45) is 11.5 Å². The van der Waals surface area contributed by atoms with Crippen molar-refractivity contribution in [3.05, 3.63) is 18.2 Å². The van der Waals surface area contributed by atoms with Crippen LogP contribution in [0.5, 0.6) is 0 Å². The number of rotatable bonds is 15. The summed E-state index contributed by atoms with van der Waals surface area (Å²) < 4.78 is 0. The molecule has 1 aromatic rings. The third-order valence-electron chi connectivity index (χ3n) is 4.52. The number of H-pyrrole nitrogens is 1. The zero-order valence-electron chi connectivity index (χ0n) is 17.5. The average Bonchev–Trinajstić information content (AvgIpc) is 3.28. The minimum Gasteiger partial charge on any atom is -0.480 e. The van der Waals surface area contributed by atoms with Gasteiger partial charge in [0.1, 0.15) is 18.1 Å². The van der Waals surface area contributed by atoms with Gasteiger partial charge in [-0.25, -0.2) is 9.78 Å². The second-order valence-corrected chi connectivity index (χ2v) is 7.79. The maximum absolute atomic E-state index is 12.9. The van der Waals surface area contributed by atoms with Crippen LogP contribution in [0, 0.1) is 0 Å². The Morgan fingerprint density at radius 2 is 1.62 bits per heavy atom. The average molecular weight is 490 g/mol. The molecule has 4 unspecified atom stereocenters. The summed E-state index contributed by atoms with van der Waals surface area (Å²) in [5, 5.41) is 16.8. The molecule has 9 N–H and O–H groups in total. The van der Waals surface area contributed by atoms with E-state index < -0.39 is 47.9 Å². The molecule has 180 valence electrons. The van der Waals surface area contributed by atoms with Crippen LogP contribution in [-0.2, 0) is 25.6 Å². The standard InChI is InChI=1S/C18H31N7O5S2/c19-4-2-1-3-12(18(29)30)23-17(28)14(8-32)25-16(27)13(5-10-6-21-9-22-10)24-15(26)11(20)7-31/h6,9,11-14,31-32H,1-5,7-8,19-20H2,(H,21,22)(H,23,28)(H,24,26)(H,25,27)(H,29,30). The van der Waals surface area contributed by atoms with Crippen molar-refractivity contribution in [3.63, 3.8) is 0 Å². The molecule has 4 atom stereocenters. The summed E-state index contributed by atoms with van der Waals surface area (Å²) >= 11 is 8.07. The topological polar surface area (TPSA) is 205 Å². The first-order valence-corrected chi connectivity index (χ1v) is 11.3. The van der Waals surface area contributed by atoms with E-state index in [1.165, 1.54) is 12.5 Å². The maximum atomic E-state index is 12.9. The lowest BCUT2D eigenvalue weighted by Crippen LogP contribution is -2.58. The highest BCUT2D eigenvalue weighted by Gasteiger charge is 2.29. The van der Waals surface area contributed by atoms with Gasteiger partial charge in [0.05, 0.1) is 12.4 Å². The van der Waals surface area contributed by atoms with E-state index in [0.717, 1.165) is 0 Å². The van der Waals surface area contributed by atoms with Gasteiger partial charge in [-0.1, -0.05) is 0 Å². The van der Waals surface area contributed by atoms with E-state index >= 15 is 0 Å². The highest BCUT2D eigenvalue weighted by Crippen LogP contribution is 2.04. The molecular formula is C18H31N7O5S2. The molecule has 32 heavy (non-hydrogen) atoms. The summed E-state index contributed by atoms with van der Waals surface area (Å²) in [6.07, 6.45) is 4.32. The number of nitrogens with zero attached hydrogens (tertiary/aromatic N) is 1. The molecular weight excluding hydrogens is 458 g/mol. The Balaban J connectivity index is 2.85. The number of unbranched alkanes of at least 4 members (excludes halogenated alkanes) is 1. The van der Waals surface area contributed by atoms with Gasteiger partial charge >= 0.3 is 5.97 Å². The van der Waals surface area contributed by atoms with Gasteiger partial charge in [-0.3, -0.25) is 14.4 Å². The Morgan fingerprint density at radius 1 is 1.00 bits per heavy atom. The SMILES string of the molecule is NCCCCC(NC(=O)C(CS)NC(=O)C(Cc1cnc[nH]1)NC(=O)C(N)CS)C(=O)O. The van der Waals surface area contributed by atoms with Crippen LogP contribution in [0.2, 0.25) is 0 Å². The van der Waals surface area contributed by atoms with Crippen LogP contribution in [0.3, 0.4) is 0 Å². The molecule has 0 radical (unpaired) electrons. The van der Waals surface area contributed by atoms with Crippen molar-refractivity contribution < 1.29 is 24.3 Å². The van der Waals surface area contributed by atoms with Gasteiger partial charge in [-0.15, -0.1) is 0 Å². The highest BCUT2D eigenvalue weighted by atomic mass is 32.1. The van der Waals surface area contributed by atoms with Crippen molar-refractivity contribution in [2.45, 2.75) is 49.9 Å². The lowest BCUT2D eigenvalue weighted by molar-refractivity contribution is -0.142. The molecule has 0 fully saturated rings. The number of carboxylic acids is 1. The largest absolute Gasteiger partial charge is 0.480 e. The molecule has 0 aliphatic carbocycles. The van der Waals surface area contributed by atoms with E-state index in [1.807, 2.05) is 0 Å². The van der Waals surface area contributed by atoms with E-state index in [1.54, 1.807) is 0 Å². The summed E-state index contributed by atoms with van der Waals surface area (Å²) in [5.41, 5.74) is 11.7. The third-order valence-corrected chi connectivity index (χ3v) is 5.28. The molecule has 0 bridgehead atoms. The van der Waals surface area contributed by atoms with E-state index in [2.05, 4.69) is 51.2 Å². The molecule has 0 saturated heterocycles. The van der Waals surface area contributed by atoms with E-state index in [9.17, 15) is 24.3 Å². The van der Waals surface area contributed by atoms with Crippen molar-refractivity contribution >= 4 is 48.9 Å². The van der Waals surface area contributed by atoms with Gasteiger partial charge in [0.2, 0.25) is 17.7 Å². The molecule has 1 aromatic heterocycles. The predicted octanol–water partition coefficient (Wildman–Crippen LogP) is -2.19. The smallest absolute Gasteiger partial charge is 0.326 e. The lowest BCUT2D eigenvalue weighted by Gasteiger charge is -2.24. The molecule has 0 aliphatic heterocycles. The van der Waals surface area contributed by atoms with Gasteiger partial charge in [-0.05, 0) is 25.8 Å². The molecule has 1 rings (SSSR count). The zero-order valence-corrected chi connectivity index (χ0v) is 19.3. The molecule has 1 heterocycles. The summed E-state index contributed by atoms with van der Waals surface area (Å²) in [6, 6.07) is -4.24. The number of carbonyl (C=O) groups is 4. The first-order valence-electron chi connectivity index (χ1n) is 10.0. The number of aliphatic carboxylic acids is 1. The Labute approximate surface area is 196 Å². The molecule has 0 spiro atoms. The number of imidazole rings is 1. The molecule has 0 aromatic carbocycles. The number of hydrogen-bond donors (Lipinski definition) is 9. The van der Waals surface area contributed by atoms with Crippen LogP contribution in [0.25, 0.3) is 0 Å². The highest BCUT2D eigenvalue weighted by molar-refractivity contribution is 7.80. The van der Waals surface area contributed by atoms with Crippen molar-refractivity contribution in [1.29, 1.82) is 0 Å². The number of nitrogens with two attached hydrogens (primary N) is 2. The predicted molar refractivity (Wildman–Crippen MR) is 124 cm³/mol. The molecule has 0 saturated carbocycles. The van der Waals surface area contributed by atoms with Crippen molar-refractivity contribution in [3.8, 4) is 0 Å². The van der Waals surface area contributed by atoms with Crippen molar-refractivity contribution in [1.82, 2.24) is 25.9 Å². The van der Waals surface area contributed by atoms with Gasteiger partial charge in [0, 0.05) is 29.8 Å². The van der Waals surface area contributed by atoms with Crippen LogP contribution >= 0.6 is 25.3 Å². The van der Waals surface area contributed by atoms with E-state index in [-0.39, 0.29) is 24.3 Å². The second kappa shape index (κ2) is 14.7. The number of aromatic amines is 1. The number of amides is 3. The van der Waals surface area contributed by atoms with Gasteiger partial charge in [0.25, 0.3) is 0 Å². The van der Waals surface area contributed by atoms with Gasteiger partial charge < -0.3 is 37.5 Å². The number of carboxylic acid groups (broad SMARTS) is 1. The number of aromatic nitrogens is 2. The lowest BCUT2D eigenvalue weighted by atomic mass is 10.1. The van der Waals surface area contributed by atoms with Crippen LogP contribution in [-0.4, -0.2) is 81.0 Å². The number of thiol groups is 2. The van der Waals surface area contributed by atoms with Gasteiger partial charge in [0.15, 0.2) is 0 Å². The summed E-state index contributed by atoms with van der Waals surface area (Å²) in [7, 11) is 0. The minimum atomic E-state index is -1.19. The quantitative estimate of drug-likeness (QED) is 0.0974. The zero-order chi connectivity index (χ0) is 24.1. The van der Waals surface area contributed by atoms with E-state index in [0.29, 0.717) is 25.1 Å². The fraction of sp³-hybridized carbons (Fsp3) is 0.611. The molecule has 3 amide bonds. The Morgan fingerprint density at radius 3 is 2.16 bits per heavy atom. The maximum Gasteiger partial charge on any atom is 0.326 e. The summed E-state index contributed by atoms with van der Waals surface area (Å²) in [5.74, 6) is -3.15. The van der Waals surface area contributed by atoms with Crippen LogP contribution in [0.15, 0.2) is 12.5 Å². The number of carbonyl (C=O) groups excluding carboxylic acids is 3. The van der Waals surface area contributed by atoms with Crippen LogP contribution in [0.4, 0.5) is 0 Å². The Bertz CT molecular complexity index is 750. The number of nitrogens with one attached hydrogen (secondary N) is 4. The number of hydrogen-bond acceptors (Lipinski definition) is 9. The van der Waals surface area contributed by atoms with Gasteiger partial charge in [-0.2, -0.15) is 25.3 Å². The summed E-state index contributed by atoms with van der Waals surface area (Å²) in [6.45, 7) is 0.413. The third kappa shape index (κ3) is 9.46. The molecule has 14 heteroatoms. The minimum absolute atomic E-state index is 0.0641. The van der Waals surface area contributed by atoms with Crippen LogP contribution < -0.4 is 27.4 Å². The first kappa shape index (κ1) is 27.7. The molecule has 0 aliphatic rings. The van der Waals surface area contributed by atoms with Crippen LogP contribution in [0.1, 0.15) is 25.0 Å². The monoisotopic (exact) mass is 489 g/mol. The fourth-order valence-corrected chi connectivity index (χ4v) is 3.10. The second-order valence-electron chi connectivity index (χ2n) is 7.06. The first-order chi connectivity index (χ1) is 15.2. The Hall–Kier alpha value is -2.29. The molecule has 12 nitrogen and oxygen atoms in total. The normalized spacial score (nSPS) is 14.6. The fourth-order valence-electron chi connectivity index (χ4n) is 2.68.